The largest absolute Gasteiger partial charge is 0.478 e. The lowest BCUT2D eigenvalue weighted by Gasteiger charge is -1.99. The smallest absolute Gasteiger partial charge is 0.335 e. The Morgan fingerprint density at radius 3 is 2.67 bits per heavy atom. The highest BCUT2D eigenvalue weighted by Crippen LogP contribution is 2.24. The van der Waals surface area contributed by atoms with Crippen molar-refractivity contribution in [1.82, 2.24) is 4.98 Å². The molecular formula is C17H13NO2S. The first-order valence-corrected chi connectivity index (χ1v) is 7.42. The molecule has 3 nitrogen and oxygen atoms in total. The number of carboxylic acid groups (broad SMARTS) is 1. The second kappa shape index (κ2) is 5.89. The molecule has 3 aromatic rings. The predicted octanol–water partition coefficient (Wildman–Crippen LogP) is 4.10. The Bertz CT molecular complexity index is 765. The maximum absolute atomic E-state index is 11.0. The molecule has 1 aromatic heterocycles. The van der Waals surface area contributed by atoms with E-state index in [-0.39, 0.29) is 5.56 Å². The zero-order valence-electron chi connectivity index (χ0n) is 11.2. The van der Waals surface area contributed by atoms with Gasteiger partial charge in [-0.15, -0.1) is 11.3 Å². The molecule has 0 bridgehead atoms. The molecule has 4 heteroatoms. The zero-order chi connectivity index (χ0) is 14.7. The van der Waals surface area contributed by atoms with Crippen molar-refractivity contribution in [2.24, 2.45) is 0 Å². The van der Waals surface area contributed by atoms with Gasteiger partial charge in [-0.05, 0) is 17.7 Å². The van der Waals surface area contributed by atoms with E-state index in [1.54, 1.807) is 29.5 Å². The number of aromatic nitrogens is 1. The number of hydrogen-bond acceptors (Lipinski definition) is 3. The van der Waals surface area contributed by atoms with Gasteiger partial charge in [0.25, 0.3) is 0 Å². The monoisotopic (exact) mass is 295 g/mol. The maximum atomic E-state index is 11.0. The van der Waals surface area contributed by atoms with Gasteiger partial charge >= 0.3 is 5.97 Å². The van der Waals surface area contributed by atoms with Gasteiger partial charge in [0.15, 0.2) is 0 Å². The standard InChI is InChI=1S/C17H13NO2S/c19-17(20)14-8-4-7-13(10-14)15-11-21-16(18-15)9-12-5-2-1-3-6-12/h1-8,10-11H,9H2,(H,19,20). The number of hydrogen-bond donors (Lipinski definition) is 1. The molecule has 0 fully saturated rings. The van der Waals surface area contributed by atoms with E-state index in [9.17, 15) is 4.79 Å². The zero-order valence-corrected chi connectivity index (χ0v) is 12.0. The van der Waals surface area contributed by atoms with Crippen LogP contribution in [0.4, 0.5) is 0 Å². The van der Waals surface area contributed by atoms with Crippen molar-refractivity contribution in [2.45, 2.75) is 6.42 Å². The average molecular weight is 295 g/mol. The third kappa shape index (κ3) is 3.17. The van der Waals surface area contributed by atoms with E-state index >= 15 is 0 Å². The Morgan fingerprint density at radius 2 is 1.90 bits per heavy atom. The number of carbonyl (C=O) groups is 1. The molecule has 0 spiro atoms. The summed E-state index contributed by atoms with van der Waals surface area (Å²) in [7, 11) is 0. The van der Waals surface area contributed by atoms with Gasteiger partial charge in [0.1, 0.15) is 0 Å². The van der Waals surface area contributed by atoms with Gasteiger partial charge in [0, 0.05) is 17.4 Å². The van der Waals surface area contributed by atoms with Crippen LogP contribution in [0.5, 0.6) is 0 Å². The minimum Gasteiger partial charge on any atom is -0.478 e. The Balaban J connectivity index is 1.85. The highest BCUT2D eigenvalue weighted by atomic mass is 32.1. The molecule has 0 saturated carbocycles. The fourth-order valence-electron chi connectivity index (χ4n) is 2.11. The Kier molecular flexibility index (Phi) is 3.79. The highest BCUT2D eigenvalue weighted by Gasteiger charge is 2.08. The van der Waals surface area contributed by atoms with E-state index in [2.05, 4.69) is 17.1 Å². The normalized spacial score (nSPS) is 10.5. The summed E-state index contributed by atoms with van der Waals surface area (Å²) in [6.45, 7) is 0. The van der Waals surface area contributed by atoms with Crippen LogP contribution in [-0.2, 0) is 6.42 Å². The van der Waals surface area contributed by atoms with E-state index in [1.807, 2.05) is 29.6 Å². The number of benzene rings is 2. The molecule has 0 aliphatic carbocycles. The molecule has 0 aliphatic heterocycles. The first-order valence-electron chi connectivity index (χ1n) is 6.54. The lowest BCUT2D eigenvalue weighted by molar-refractivity contribution is 0.0697. The van der Waals surface area contributed by atoms with Gasteiger partial charge in [0.2, 0.25) is 0 Å². The topological polar surface area (TPSA) is 50.2 Å². The molecular weight excluding hydrogens is 282 g/mol. The molecule has 1 heterocycles. The van der Waals surface area contributed by atoms with Crippen molar-refractivity contribution in [3.8, 4) is 11.3 Å². The van der Waals surface area contributed by atoms with E-state index in [1.165, 1.54) is 5.56 Å². The van der Waals surface area contributed by atoms with Gasteiger partial charge in [-0.3, -0.25) is 0 Å². The molecule has 0 amide bonds. The molecule has 0 unspecified atom stereocenters. The molecule has 0 aliphatic rings. The van der Waals surface area contributed by atoms with Crippen LogP contribution < -0.4 is 0 Å². The Morgan fingerprint density at radius 1 is 1.10 bits per heavy atom. The summed E-state index contributed by atoms with van der Waals surface area (Å²) in [5, 5.41) is 12.0. The Hall–Kier alpha value is -2.46. The first kappa shape index (κ1) is 13.5. The first-order chi connectivity index (χ1) is 10.2. The van der Waals surface area contributed by atoms with Crippen molar-refractivity contribution in [1.29, 1.82) is 0 Å². The van der Waals surface area contributed by atoms with Crippen LogP contribution in [0.25, 0.3) is 11.3 Å². The molecule has 104 valence electrons. The summed E-state index contributed by atoms with van der Waals surface area (Å²) in [5.74, 6) is -0.920. The molecule has 0 radical (unpaired) electrons. The van der Waals surface area contributed by atoms with E-state index < -0.39 is 5.97 Å². The van der Waals surface area contributed by atoms with Crippen LogP contribution in [0.2, 0.25) is 0 Å². The second-order valence-corrected chi connectivity index (χ2v) is 5.62. The summed E-state index contributed by atoms with van der Waals surface area (Å²) in [5.41, 5.74) is 3.17. The van der Waals surface area contributed by atoms with Crippen LogP contribution in [0, 0.1) is 0 Å². The fourth-order valence-corrected chi connectivity index (χ4v) is 2.94. The quantitative estimate of drug-likeness (QED) is 0.788. The van der Waals surface area contributed by atoms with Crippen LogP contribution in [0.15, 0.2) is 60.0 Å². The van der Waals surface area contributed by atoms with Crippen molar-refractivity contribution < 1.29 is 9.90 Å². The van der Waals surface area contributed by atoms with Gasteiger partial charge in [-0.2, -0.15) is 0 Å². The Labute approximate surface area is 126 Å². The van der Waals surface area contributed by atoms with Gasteiger partial charge in [0.05, 0.1) is 16.3 Å². The van der Waals surface area contributed by atoms with E-state index in [0.717, 1.165) is 22.7 Å². The number of rotatable bonds is 4. The summed E-state index contributed by atoms with van der Waals surface area (Å²) < 4.78 is 0. The maximum Gasteiger partial charge on any atom is 0.335 e. The lowest BCUT2D eigenvalue weighted by Crippen LogP contribution is -1.95. The van der Waals surface area contributed by atoms with E-state index in [0.29, 0.717) is 0 Å². The van der Waals surface area contributed by atoms with E-state index in [4.69, 9.17) is 5.11 Å². The molecule has 3 rings (SSSR count). The summed E-state index contributed by atoms with van der Waals surface area (Å²) in [4.78, 5) is 15.6. The number of carboxylic acids is 1. The molecule has 0 saturated heterocycles. The summed E-state index contributed by atoms with van der Waals surface area (Å²) >= 11 is 1.59. The predicted molar refractivity (Wildman–Crippen MR) is 83.8 cm³/mol. The fraction of sp³-hybridized carbons (Fsp3) is 0.0588. The van der Waals surface area contributed by atoms with Crippen molar-refractivity contribution in [3.63, 3.8) is 0 Å². The minimum atomic E-state index is -0.920. The molecule has 0 atom stereocenters. The van der Waals surface area contributed by atoms with Gasteiger partial charge in [-0.1, -0.05) is 42.5 Å². The van der Waals surface area contributed by atoms with Gasteiger partial charge < -0.3 is 5.11 Å². The van der Waals surface area contributed by atoms with Crippen LogP contribution in [-0.4, -0.2) is 16.1 Å². The van der Waals surface area contributed by atoms with Crippen LogP contribution >= 0.6 is 11.3 Å². The van der Waals surface area contributed by atoms with Gasteiger partial charge in [-0.25, -0.2) is 9.78 Å². The molecule has 2 aromatic carbocycles. The third-order valence-corrected chi connectivity index (χ3v) is 4.00. The number of aromatic carboxylic acids is 1. The SMILES string of the molecule is O=C(O)c1cccc(-c2csc(Cc3ccccc3)n2)c1. The second-order valence-electron chi connectivity index (χ2n) is 4.67. The van der Waals surface area contributed by atoms with Crippen LogP contribution in [0.3, 0.4) is 0 Å². The number of thiazole rings is 1. The van der Waals surface area contributed by atoms with Crippen molar-refractivity contribution in [3.05, 3.63) is 76.1 Å². The van der Waals surface area contributed by atoms with Crippen molar-refractivity contribution >= 4 is 17.3 Å². The van der Waals surface area contributed by atoms with Crippen molar-refractivity contribution in [2.75, 3.05) is 0 Å². The lowest BCUT2D eigenvalue weighted by atomic mass is 10.1. The third-order valence-electron chi connectivity index (χ3n) is 3.16. The highest BCUT2D eigenvalue weighted by molar-refractivity contribution is 7.10. The summed E-state index contributed by atoms with van der Waals surface area (Å²) in [6.07, 6.45) is 0.796. The molecule has 21 heavy (non-hydrogen) atoms. The molecule has 1 N–H and O–H groups in total. The summed E-state index contributed by atoms with van der Waals surface area (Å²) in [6, 6.07) is 17.0. The average Bonchev–Trinajstić information content (AvgIpc) is 2.97. The number of nitrogens with zero attached hydrogens (tertiary/aromatic N) is 1. The minimum absolute atomic E-state index is 0.283. The van der Waals surface area contributed by atoms with Crippen LogP contribution in [0.1, 0.15) is 20.9 Å².